The first-order valence-corrected chi connectivity index (χ1v) is 18.3. The van der Waals surface area contributed by atoms with Crippen molar-refractivity contribution in [2.24, 2.45) is 0 Å². The van der Waals surface area contributed by atoms with Crippen LogP contribution in [0.15, 0.2) is 182 Å². The molecular formula is C48H30N2S. The largest absolute Gasteiger partial charge is 0.309 e. The lowest BCUT2D eigenvalue weighted by Crippen LogP contribution is -1.95. The van der Waals surface area contributed by atoms with Gasteiger partial charge in [0.15, 0.2) is 0 Å². The number of fused-ring (bicyclic) bond motifs is 9. The van der Waals surface area contributed by atoms with E-state index < -0.39 is 0 Å². The Bertz CT molecular complexity index is 3070. The molecule has 0 N–H and O–H groups in total. The molecule has 51 heavy (non-hydrogen) atoms. The number of benzene rings is 8. The molecule has 8 aromatic carbocycles. The molecule has 0 fully saturated rings. The minimum absolute atomic E-state index is 1.16. The molecular weight excluding hydrogens is 637 g/mol. The summed E-state index contributed by atoms with van der Waals surface area (Å²) in [6, 6.07) is 66.5. The van der Waals surface area contributed by atoms with E-state index in [1.807, 2.05) is 11.3 Å². The van der Waals surface area contributed by atoms with E-state index in [1.165, 1.54) is 91.7 Å². The quantitative estimate of drug-likeness (QED) is 0.177. The van der Waals surface area contributed by atoms with Crippen LogP contribution in [0, 0.1) is 0 Å². The highest BCUT2D eigenvalue weighted by Gasteiger charge is 2.17. The van der Waals surface area contributed by atoms with Crippen LogP contribution in [-0.4, -0.2) is 9.13 Å². The van der Waals surface area contributed by atoms with Gasteiger partial charge in [-0.05, 0) is 70.8 Å². The Labute approximate surface area is 298 Å². The van der Waals surface area contributed by atoms with Crippen LogP contribution in [0.4, 0.5) is 0 Å². The third-order valence-corrected chi connectivity index (χ3v) is 11.8. The number of hydrogen-bond acceptors (Lipinski definition) is 1. The van der Waals surface area contributed by atoms with Gasteiger partial charge in [-0.1, -0.05) is 133 Å². The molecule has 0 unspecified atom stereocenters. The molecule has 11 rings (SSSR count). The Hall–Kier alpha value is -6.42. The molecule has 3 aromatic heterocycles. The molecule has 0 bridgehead atoms. The molecule has 0 atom stereocenters. The highest BCUT2D eigenvalue weighted by Crippen LogP contribution is 2.44. The molecule has 0 spiro atoms. The van der Waals surface area contributed by atoms with Gasteiger partial charge < -0.3 is 9.13 Å². The Balaban J connectivity index is 1.05. The summed E-state index contributed by atoms with van der Waals surface area (Å²) < 4.78 is 7.49. The van der Waals surface area contributed by atoms with E-state index in [1.54, 1.807) is 0 Å². The van der Waals surface area contributed by atoms with Crippen LogP contribution >= 0.6 is 11.3 Å². The monoisotopic (exact) mass is 666 g/mol. The van der Waals surface area contributed by atoms with Gasteiger partial charge in [-0.15, -0.1) is 11.3 Å². The predicted octanol–water partition coefficient (Wildman–Crippen LogP) is 13.6. The number of thiophene rings is 1. The van der Waals surface area contributed by atoms with Crippen LogP contribution in [0.3, 0.4) is 0 Å². The third kappa shape index (κ3) is 4.22. The van der Waals surface area contributed by atoms with Crippen LogP contribution in [-0.2, 0) is 0 Å². The van der Waals surface area contributed by atoms with E-state index in [4.69, 9.17) is 0 Å². The Kier molecular flexibility index (Phi) is 6.16. The normalized spacial score (nSPS) is 11.9. The van der Waals surface area contributed by atoms with E-state index >= 15 is 0 Å². The third-order valence-electron chi connectivity index (χ3n) is 10.5. The van der Waals surface area contributed by atoms with Gasteiger partial charge in [0.25, 0.3) is 0 Å². The fourth-order valence-corrected chi connectivity index (χ4v) is 9.63. The molecule has 238 valence electrons. The zero-order chi connectivity index (χ0) is 33.5. The highest BCUT2D eigenvalue weighted by molar-refractivity contribution is 7.26. The fraction of sp³-hybridized carbons (Fsp3) is 0. The second-order valence-electron chi connectivity index (χ2n) is 13.3. The lowest BCUT2D eigenvalue weighted by molar-refractivity contribution is 1.17. The van der Waals surface area contributed by atoms with E-state index in [0.29, 0.717) is 0 Å². The van der Waals surface area contributed by atoms with Gasteiger partial charge in [-0.25, -0.2) is 0 Å². The Morgan fingerprint density at radius 1 is 0.294 bits per heavy atom. The van der Waals surface area contributed by atoms with Crippen molar-refractivity contribution in [2.75, 3.05) is 0 Å². The Morgan fingerprint density at radius 3 is 1.31 bits per heavy atom. The maximum atomic E-state index is 2.41. The maximum absolute atomic E-state index is 2.41. The number of nitrogens with zero attached hydrogens (tertiary/aromatic N) is 2. The summed E-state index contributed by atoms with van der Waals surface area (Å²) in [5.41, 5.74) is 12.2. The van der Waals surface area contributed by atoms with E-state index in [9.17, 15) is 0 Å². The van der Waals surface area contributed by atoms with Crippen molar-refractivity contribution in [3.63, 3.8) is 0 Å². The molecule has 0 aliphatic heterocycles. The van der Waals surface area contributed by atoms with Crippen LogP contribution in [0.5, 0.6) is 0 Å². The second kappa shape index (κ2) is 11.0. The van der Waals surface area contributed by atoms with Crippen molar-refractivity contribution in [2.45, 2.75) is 0 Å². The minimum Gasteiger partial charge on any atom is -0.309 e. The molecule has 0 saturated heterocycles. The van der Waals surface area contributed by atoms with E-state index in [-0.39, 0.29) is 0 Å². The van der Waals surface area contributed by atoms with Gasteiger partial charge >= 0.3 is 0 Å². The van der Waals surface area contributed by atoms with Crippen molar-refractivity contribution < 1.29 is 0 Å². The highest BCUT2D eigenvalue weighted by atomic mass is 32.1. The second-order valence-corrected chi connectivity index (χ2v) is 14.3. The van der Waals surface area contributed by atoms with Gasteiger partial charge in [-0.2, -0.15) is 0 Å². The van der Waals surface area contributed by atoms with Gasteiger partial charge in [0.1, 0.15) is 0 Å². The van der Waals surface area contributed by atoms with Crippen LogP contribution in [0.2, 0.25) is 0 Å². The SMILES string of the molecule is c1ccc(-c2cccc3c2sc2c(-c4ccc(-n5c6ccccc6c6cc(-n7c8ccccc8c8ccccc87)ccc65)cc4)cccc23)cc1. The smallest absolute Gasteiger partial charge is 0.0542 e. The van der Waals surface area contributed by atoms with Crippen molar-refractivity contribution in [3.8, 4) is 33.6 Å². The van der Waals surface area contributed by atoms with Gasteiger partial charge in [0.05, 0.1) is 22.1 Å². The first-order chi connectivity index (χ1) is 25.3. The van der Waals surface area contributed by atoms with E-state index in [2.05, 4.69) is 191 Å². The summed E-state index contributed by atoms with van der Waals surface area (Å²) in [5.74, 6) is 0. The number of hydrogen-bond donors (Lipinski definition) is 0. The first-order valence-electron chi connectivity index (χ1n) is 17.4. The number of para-hydroxylation sites is 3. The maximum Gasteiger partial charge on any atom is 0.0542 e. The molecule has 2 nitrogen and oxygen atoms in total. The summed E-state index contributed by atoms with van der Waals surface area (Å²) in [4.78, 5) is 0. The standard InChI is InChI=1S/C48H30N2S/c1-2-12-31(13-3-1)35-17-10-19-40-41-20-11-18-36(48(41)51-47(35)40)32-24-26-33(27-25-32)49-45-23-9-6-16-39(45)42-30-34(28-29-46(42)49)50-43-21-7-4-14-37(43)38-15-5-8-22-44(38)50/h1-30H. The zero-order valence-electron chi connectivity index (χ0n) is 27.6. The number of rotatable bonds is 4. The van der Waals surface area contributed by atoms with Gasteiger partial charge in [0.2, 0.25) is 0 Å². The van der Waals surface area contributed by atoms with Crippen molar-refractivity contribution >= 4 is 75.1 Å². The average Bonchev–Trinajstić information content (AvgIpc) is 3.86. The van der Waals surface area contributed by atoms with Gasteiger partial charge in [0, 0.05) is 53.1 Å². The predicted molar refractivity (Wildman–Crippen MR) is 219 cm³/mol. The topological polar surface area (TPSA) is 9.86 Å². The molecule has 3 heteroatoms. The van der Waals surface area contributed by atoms with Crippen molar-refractivity contribution in [1.82, 2.24) is 9.13 Å². The summed E-state index contributed by atoms with van der Waals surface area (Å²) in [6.07, 6.45) is 0. The van der Waals surface area contributed by atoms with Crippen LogP contribution < -0.4 is 0 Å². The lowest BCUT2D eigenvalue weighted by Gasteiger charge is -2.11. The molecule has 0 radical (unpaired) electrons. The van der Waals surface area contributed by atoms with Crippen LogP contribution in [0.1, 0.15) is 0 Å². The summed E-state index contributed by atoms with van der Waals surface area (Å²) in [7, 11) is 0. The average molecular weight is 667 g/mol. The molecule has 0 aliphatic carbocycles. The van der Waals surface area contributed by atoms with Gasteiger partial charge in [-0.3, -0.25) is 0 Å². The lowest BCUT2D eigenvalue weighted by atomic mass is 10.00. The molecule has 11 aromatic rings. The molecule has 0 amide bonds. The van der Waals surface area contributed by atoms with Crippen LogP contribution in [0.25, 0.3) is 97.4 Å². The molecule has 0 aliphatic rings. The Morgan fingerprint density at radius 2 is 0.725 bits per heavy atom. The summed E-state index contributed by atoms with van der Waals surface area (Å²) in [6.45, 7) is 0. The molecule has 0 saturated carbocycles. The zero-order valence-corrected chi connectivity index (χ0v) is 28.4. The summed E-state index contributed by atoms with van der Waals surface area (Å²) >= 11 is 1.90. The van der Waals surface area contributed by atoms with Crippen molar-refractivity contribution in [1.29, 1.82) is 0 Å². The molecule has 3 heterocycles. The summed E-state index contributed by atoms with van der Waals surface area (Å²) in [5, 5.41) is 7.69. The number of aromatic nitrogens is 2. The minimum atomic E-state index is 1.16. The van der Waals surface area contributed by atoms with Crippen molar-refractivity contribution in [3.05, 3.63) is 182 Å². The first kappa shape index (κ1) is 28.4. The van der Waals surface area contributed by atoms with E-state index in [0.717, 1.165) is 5.69 Å². The fourth-order valence-electron chi connectivity index (χ4n) is 8.26.